The van der Waals surface area contributed by atoms with Gasteiger partial charge in [0.15, 0.2) is 5.65 Å². The van der Waals surface area contributed by atoms with E-state index in [2.05, 4.69) is 22.2 Å². The molecule has 2 heterocycles. The Morgan fingerprint density at radius 3 is 2.72 bits per heavy atom. The molecule has 0 fully saturated rings. The van der Waals surface area contributed by atoms with Crippen molar-refractivity contribution in [1.82, 2.24) is 14.6 Å². The highest BCUT2D eigenvalue weighted by Gasteiger charge is 2.11. The number of aryl methyl sites for hydroxylation is 1. The zero-order valence-corrected chi connectivity index (χ0v) is 10.7. The van der Waals surface area contributed by atoms with Crippen LogP contribution in [0.3, 0.4) is 0 Å². The van der Waals surface area contributed by atoms with E-state index in [0.29, 0.717) is 5.15 Å². The number of halogens is 1. The molecule has 0 spiro atoms. The summed E-state index contributed by atoms with van der Waals surface area (Å²) in [6, 6.07) is 12.1. The molecule has 0 radical (unpaired) electrons. The normalized spacial score (nSPS) is 11.0. The summed E-state index contributed by atoms with van der Waals surface area (Å²) < 4.78 is 1.67. The summed E-state index contributed by atoms with van der Waals surface area (Å²) in [7, 11) is 0. The lowest BCUT2D eigenvalue weighted by atomic mass is 10.1. The van der Waals surface area contributed by atoms with Crippen LogP contribution in [0.4, 0.5) is 0 Å². The smallest absolute Gasteiger partial charge is 0.156 e. The second-order valence-electron chi connectivity index (χ2n) is 4.23. The Morgan fingerprint density at radius 1 is 1.17 bits per heavy atom. The number of aromatic nitrogens is 3. The first-order valence-electron chi connectivity index (χ1n) is 5.78. The molecule has 3 rings (SSSR count). The van der Waals surface area contributed by atoms with Crippen LogP contribution in [-0.4, -0.2) is 14.6 Å². The Labute approximate surface area is 110 Å². The van der Waals surface area contributed by atoms with E-state index in [1.54, 1.807) is 10.7 Å². The van der Waals surface area contributed by atoms with Gasteiger partial charge in [-0.2, -0.15) is 5.10 Å². The van der Waals surface area contributed by atoms with Gasteiger partial charge < -0.3 is 0 Å². The number of benzene rings is 1. The van der Waals surface area contributed by atoms with Crippen molar-refractivity contribution in [2.24, 2.45) is 0 Å². The SMILES string of the molecule is Cc1nc2ccnn2c(Cl)c1Cc1ccccc1. The standard InChI is InChI=1S/C14H12ClN3/c1-10-12(9-11-5-3-2-4-6-11)14(15)18-13(17-10)7-8-16-18/h2-8H,9H2,1H3. The van der Waals surface area contributed by atoms with Gasteiger partial charge in [0.05, 0.1) is 6.20 Å². The molecule has 0 aliphatic carbocycles. The minimum atomic E-state index is 0.645. The van der Waals surface area contributed by atoms with Crippen LogP contribution in [0.5, 0.6) is 0 Å². The lowest BCUT2D eigenvalue weighted by molar-refractivity contribution is 0.902. The maximum absolute atomic E-state index is 6.40. The quantitative estimate of drug-likeness (QED) is 0.660. The topological polar surface area (TPSA) is 30.2 Å². The fraction of sp³-hybridized carbons (Fsp3) is 0.143. The van der Waals surface area contributed by atoms with Crippen molar-refractivity contribution < 1.29 is 0 Å². The number of hydrogen-bond acceptors (Lipinski definition) is 2. The molecule has 3 aromatic rings. The van der Waals surface area contributed by atoms with E-state index < -0.39 is 0 Å². The average molecular weight is 258 g/mol. The third-order valence-corrected chi connectivity index (χ3v) is 3.39. The van der Waals surface area contributed by atoms with Crippen LogP contribution in [0.15, 0.2) is 42.6 Å². The van der Waals surface area contributed by atoms with Crippen LogP contribution in [0.25, 0.3) is 5.65 Å². The highest BCUT2D eigenvalue weighted by Crippen LogP contribution is 2.22. The Hall–Kier alpha value is -1.87. The molecule has 0 aliphatic heterocycles. The first-order chi connectivity index (χ1) is 8.75. The fourth-order valence-electron chi connectivity index (χ4n) is 2.05. The Kier molecular flexibility index (Phi) is 2.76. The molecule has 0 N–H and O–H groups in total. The molecule has 0 atom stereocenters. The Bertz CT molecular complexity index is 689. The van der Waals surface area contributed by atoms with Crippen LogP contribution in [0.1, 0.15) is 16.8 Å². The third kappa shape index (κ3) is 1.87. The second-order valence-corrected chi connectivity index (χ2v) is 4.59. The Morgan fingerprint density at radius 2 is 1.94 bits per heavy atom. The predicted molar refractivity (Wildman–Crippen MR) is 72.0 cm³/mol. The molecule has 0 bridgehead atoms. The van der Waals surface area contributed by atoms with Gasteiger partial charge in [-0.15, -0.1) is 0 Å². The van der Waals surface area contributed by atoms with Gasteiger partial charge in [-0.05, 0) is 12.5 Å². The van der Waals surface area contributed by atoms with Crippen LogP contribution in [0, 0.1) is 6.92 Å². The summed E-state index contributed by atoms with van der Waals surface area (Å²) in [5, 5.41) is 4.83. The molecule has 0 saturated heterocycles. The number of hydrogen-bond donors (Lipinski definition) is 0. The summed E-state index contributed by atoms with van der Waals surface area (Å²) in [5.74, 6) is 0. The largest absolute Gasteiger partial charge is 0.233 e. The lowest BCUT2D eigenvalue weighted by Crippen LogP contribution is -2.03. The predicted octanol–water partition coefficient (Wildman–Crippen LogP) is 3.28. The summed E-state index contributed by atoms with van der Waals surface area (Å²) in [6.07, 6.45) is 2.48. The van der Waals surface area contributed by atoms with Crippen molar-refractivity contribution in [2.45, 2.75) is 13.3 Å². The third-order valence-electron chi connectivity index (χ3n) is 3.00. The van der Waals surface area contributed by atoms with E-state index in [4.69, 9.17) is 11.6 Å². The molecule has 0 saturated carbocycles. The number of fused-ring (bicyclic) bond motifs is 1. The van der Waals surface area contributed by atoms with Crippen LogP contribution in [-0.2, 0) is 6.42 Å². The highest BCUT2D eigenvalue weighted by molar-refractivity contribution is 6.30. The molecule has 18 heavy (non-hydrogen) atoms. The molecule has 4 heteroatoms. The van der Waals surface area contributed by atoms with Crippen molar-refractivity contribution in [3.8, 4) is 0 Å². The van der Waals surface area contributed by atoms with E-state index in [-0.39, 0.29) is 0 Å². The van der Waals surface area contributed by atoms with E-state index in [1.807, 2.05) is 31.2 Å². The monoisotopic (exact) mass is 257 g/mol. The minimum absolute atomic E-state index is 0.645. The van der Waals surface area contributed by atoms with Crippen molar-refractivity contribution in [2.75, 3.05) is 0 Å². The maximum atomic E-state index is 6.40. The van der Waals surface area contributed by atoms with Crippen LogP contribution in [0.2, 0.25) is 5.15 Å². The summed E-state index contributed by atoms with van der Waals surface area (Å²) in [4.78, 5) is 4.51. The lowest BCUT2D eigenvalue weighted by Gasteiger charge is -2.09. The fourth-order valence-corrected chi connectivity index (χ4v) is 2.38. The van der Waals surface area contributed by atoms with Gasteiger partial charge in [-0.3, -0.25) is 0 Å². The molecule has 0 amide bonds. The first kappa shape index (κ1) is 11.2. The van der Waals surface area contributed by atoms with Crippen molar-refractivity contribution in [3.05, 3.63) is 64.6 Å². The van der Waals surface area contributed by atoms with Crippen molar-refractivity contribution >= 4 is 17.2 Å². The van der Waals surface area contributed by atoms with Crippen LogP contribution >= 0.6 is 11.6 Å². The van der Waals surface area contributed by atoms with Gasteiger partial charge in [0.1, 0.15) is 5.15 Å². The molecule has 1 aromatic carbocycles. The maximum Gasteiger partial charge on any atom is 0.156 e. The molecule has 0 aliphatic rings. The molecular formula is C14H12ClN3. The molecule has 0 unspecified atom stereocenters. The highest BCUT2D eigenvalue weighted by atomic mass is 35.5. The van der Waals surface area contributed by atoms with E-state index >= 15 is 0 Å². The molecule has 90 valence electrons. The van der Waals surface area contributed by atoms with Crippen molar-refractivity contribution in [1.29, 1.82) is 0 Å². The first-order valence-corrected chi connectivity index (χ1v) is 6.16. The average Bonchev–Trinajstić information content (AvgIpc) is 2.84. The Balaban J connectivity index is 2.11. The molecule has 3 nitrogen and oxygen atoms in total. The summed E-state index contributed by atoms with van der Waals surface area (Å²) in [5.41, 5.74) is 3.99. The zero-order valence-electron chi connectivity index (χ0n) is 9.97. The van der Waals surface area contributed by atoms with E-state index in [9.17, 15) is 0 Å². The number of rotatable bonds is 2. The second kappa shape index (κ2) is 4.42. The summed E-state index contributed by atoms with van der Waals surface area (Å²) in [6.45, 7) is 1.98. The zero-order chi connectivity index (χ0) is 12.5. The van der Waals surface area contributed by atoms with E-state index in [1.165, 1.54) is 5.56 Å². The van der Waals surface area contributed by atoms with Gasteiger partial charge in [0.2, 0.25) is 0 Å². The van der Waals surface area contributed by atoms with Gasteiger partial charge in [-0.25, -0.2) is 9.50 Å². The molecule has 2 aromatic heterocycles. The van der Waals surface area contributed by atoms with Gasteiger partial charge >= 0.3 is 0 Å². The van der Waals surface area contributed by atoms with E-state index in [0.717, 1.165) is 23.3 Å². The van der Waals surface area contributed by atoms with Gasteiger partial charge in [0, 0.05) is 23.7 Å². The van der Waals surface area contributed by atoms with Crippen LogP contribution < -0.4 is 0 Å². The van der Waals surface area contributed by atoms with Gasteiger partial charge in [0.25, 0.3) is 0 Å². The summed E-state index contributed by atoms with van der Waals surface area (Å²) >= 11 is 6.40. The molecular weight excluding hydrogens is 246 g/mol. The van der Waals surface area contributed by atoms with Gasteiger partial charge in [-0.1, -0.05) is 41.9 Å². The van der Waals surface area contributed by atoms with Crippen molar-refractivity contribution in [3.63, 3.8) is 0 Å². The minimum Gasteiger partial charge on any atom is -0.233 e. The number of nitrogens with zero attached hydrogens (tertiary/aromatic N) is 3.